The van der Waals surface area contributed by atoms with Crippen molar-refractivity contribution in [2.45, 2.75) is 58.4 Å². The van der Waals surface area contributed by atoms with E-state index in [9.17, 15) is 9.59 Å². The molecule has 25 heavy (non-hydrogen) atoms. The van der Waals surface area contributed by atoms with E-state index in [1.807, 2.05) is 30.9 Å². The lowest BCUT2D eigenvalue weighted by Crippen LogP contribution is -2.62. The molecule has 2 aliphatic rings. The number of hydrogen-bond acceptors (Lipinski definition) is 2. The molecule has 1 unspecified atom stereocenters. The summed E-state index contributed by atoms with van der Waals surface area (Å²) in [5.74, 6) is 0.147. The summed E-state index contributed by atoms with van der Waals surface area (Å²) in [6, 6.07) is 5.88. The lowest BCUT2D eigenvalue weighted by Gasteiger charge is -2.44. The van der Waals surface area contributed by atoms with Crippen molar-refractivity contribution >= 4 is 17.6 Å². The van der Waals surface area contributed by atoms with Gasteiger partial charge in [-0.3, -0.25) is 4.79 Å². The Morgan fingerprint density at radius 1 is 1.12 bits per heavy atom. The van der Waals surface area contributed by atoms with Crippen LogP contribution < -0.4 is 5.32 Å². The summed E-state index contributed by atoms with van der Waals surface area (Å²) >= 11 is 0. The van der Waals surface area contributed by atoms with Crippen LogP contribution in [0.15, 0.2) is 18.2 Å². The van der Waals surface area contributed by atoms with E-state index in [4.69, 9.17) is 0 Å². The number of rotatable bonds is 3. The lowest BCUT2D eigenvalue weighted by molar-refractivity contribution is -0.145. The minimum atomic E-state index is -0.629. The lowest BCUT2D eigenvalue weighted by atomic mass is 9.85. The molecule has 1 spiro atoms. The van der Waals surface area contributed by atoms with Gasteiger partial charge < -0.3 is 15.1 Å². The number of amides is 3. The highest BCUT2D eigenvalue weighted by molar-refractivity contribution is 5.97. The van der Waals surface area contributed by atoms with E-state index in [1.54, 1.807) is 4.90 Å². The fraction of sp³-hybridized carbons (Fsp3) is 0.600. The number of nitrogens with one attached hydrogen (secondary N) is 1. The van der Waals surface area contributed by atoms with Gasteiger partial charge in [-0.15, -0.1) is 0 Å². The van der Waals surface area contributed by atoms with Gasteiger partial charge in [-0.05, 0) is 69.2 Å². The second-order valence-electron chi connectivity index (χ2n) is 7.49. The monoisotopic (exact) mass is 343 g/mol. The van der Waals surface area contributed by atoms with Crippen LogP contribution in [0, 0.1) is 13.8 Å². The normalized spacial score (nSPS) is 23.4. The third-order valence-corrected chi connectivity index (χ3v) is 5.40. The summed E-state index contributed by atoms with van der Waals surface area (Å²) in [7, 11) is 0. The number of aryl methyl sites for hydroxylation is 2. The highest BCUT2D eigenvalue weighted by Crippen LogP contribution is 2.38. The molecule has 0 saturated carbocycles. The van der Waals surface area contributed by atoms with Crippen molar-refractivity contribution in [1.82, 2.24) is 9.80 Å². The minimum Gasteiger partial charge on any atom is -0.341 e. The highest BCUT2D eigenvalue weighted by Gasteiger charge is 2.52. The SMILES string of the molecule is CCCN1CCCC2(CCCN2C(=O)Nc2cc(C)cc(C)c2)C1=O. The maximum atomic E-state index is 13.1. The van der Waals surface area contributed by atoms with Gasteiger partial charge in [0.2, 0.25) is 5.91 Å². The van der Waals surface area contributed by atoms with Crippen LogP contribution in [-0.2, 0) is 4.79 Å². The van der Waals surface area contributed by atoms with Crippen molar-refractivity contribution in [2.75, 3.05) is 25.0 Å². The third-order valence-electron chi connectivity index (χ3n) is 5.40. The number of carbonyl (C=O) groups is 2. The smallest absolute Gasteiger partial charge is 0.322 e. The molecule has 0 bridgehead atoms. The molecule has 3 rings (SSSR count). The zero-order chi connectivity index (χ0) is 18.0. The molecule has 1 aromatic rings. The number of anilines is 1. The van der Waals surface area contributed by atoms with E-state index in [1.165, 1.54) is 0 Å². The van der Waals surface area contributed by atoms with Crippen LogP contribution in [0.4, 0.5) is 10.5 Å². The summed E-state index contributed by atoms with van der Waals surface area (Å²) in [5, 5.41) is 3.02. The van der Waals surface area contributed by atoms with Gasteiger partial charge in [-0.2, -0.15) is 0 Å². The zero-order valence-electron chi connectivity index (χ0n) is 15.6. The Balaban J connectivity index is 1.80. The predicted molar refractivity (Wildman–Crippen MR) is 99.7 cm³/mol. The Hall–Kier alpha value is -2.04. The number of likely N-dealkylation sites (tertiary alicyclic amines) is 2. The molecule has 2 heterocycles. The summed E-state index contributed by atoms with van der Waals surface area (Å²) < 4.78 is 0. The van der Waals surface area contributed by atoms with E-state index in [0.717, 1.165) is 62.0 Å². The summed E-state index contributed by atoms with van der Waals surface area (Å²) in [6.45, 7) is 8.39. The van der Waals surface area contributed by atoms with Crippen molar-refractivity contribution in [3.05, 3.63) is 29.3 Å². The number of nitrogens with zero attached hydrogens (tertiary/aromatic N) is 2. The second-order valence-corrected chi connectivity index (χ2v) is 7.49. The van der Waals surface area contributed by atoms with E-state index in [0.29, 0.717) is 6.54 Å². The number of piperidine rings is 1. The van der Waals surface area contributed by atoms with Crippen molar-refractivity contribution in [1.29, 1.82) is 0 Å². The zero-order valence-corrected chi connectivity index (χ0v) is 15.6. The van der Waals surface area contributed by atoms with Crippen LogP contribution in [-0.4, -0.2) is 46.9 Å². The van der Waals surface area contributed by atoms with Crippen LogP contribution in [0.25, 0.3) is 0 Å². The fourth-order valence-corrected chi connectivity index (χ4v) is 4.44. The molecule has 0 aliphatic carbocycles. The number of urea groups is 1. The Bertz CT molecular complexity index is 651. The first-order valence-corrected chi connectivity index (χ1v) is 9.42. The van der Waals surface area contributed by atoms with Gasteiger partial charge in [-0.25, -0.2) is 4.79 Å². The van der Waals surface area contributed by atoms with Gasteiger partial charge in [0, 0.05) is 25.3 Å². The molecule has 1 atom stereocenters. The van der Waals surface area contributed by atoms with Crippen LogP contribution in [0.5, 0.6) is 0 Å². The van der Waals surface area contributed by atoms with Gasteiger partial charge in [-0.1, -0.05) is 13.0 Å². The van der Waals surface area contributed by atoms with Crippen LogP contribution in [0.2, 0.25) is 0 Å². The molecule has 2 saturated heterocycles. The van der Waals surface area contributed by atoms with Crippen molar-refractivity contribution in [3.8, 4) is 0 Å². The predicted octanol–water partition coefficient (Wildman–Crippen LogP) is 3.70. The van der Waals surface area contributed by atoms with E-state index in [-0.39, 0.29) is 11.9 Å². The van der Waals surface area contributed by atoms with E-state index < -0.39 is 5.54 Å². The summed E-state index contributed by atoms with van der Waals surface area (Å²) in [4.78, 5) is 29.8. The van der Waals surface area contributed by atoms with Gasteiger partial charge >= 0.3 is 6.03 Å². The van der Waals surface area contributed by atoms with Crippen molar-refractivity contribution in [2.24, 2.45) is 0 Å². The summed E-state index contributed by atoms with van der Waals surface area (Å²) in [6.07, 6.45) is 4.39. The Kier molecular flexibility index (Phi) is 5.02. The molecular formula is C20H29N3O2. The average Bonchev–Trinajstić information content (AvgIpc) is 2.96. The van der Waals surface area contributed by atoms with Gasteiger partial charge in [0.1, 0.15) is 5.54 Å². The van der Waals surface area contributed by atoms with Crippen LogP contribution in [0.1, 0.15) is 50.2 Å². The fourth-order valence-electron chi connectivity index (χ4n) is 4.44. The van der Waals surface area contributed by atoms with Crippen LogP contribution >= 0.6 is 0 Å². The van der Waals surface area contributed by atoms with E-state index >= 15 is 0 Å². The number of hydrogen-bond donors (Lipinski definition) is 1. The molecule has 1 N–H and O–H groups in total. The molecule has 3 amide bonds. The standard InChI is InChI=1S/C20H29N3O2/c1-4-9-22-10-5-7-20(18(22)24)8-6-11-23(20)19(25)21-17-13-15(2)12-16(3)14-17/h12-14H,4-11H2,1-3H3,(H,21,25). The minimum absolute atomic E-state index is 0.144. The molecule has 2 aliphatic heterocycles. The average molecular weight is 343 g/mol. The Labute approximate surface area is 150 Å². The molecular weight excluding hydrogens is 314 g/mol. The van der Waals surface area contributed by atoms with E-state index in [2.05, 4.69) is 18.3 Å². The van der Waals surface area contributed by atoms with Crippen LogP contribution in [0.3, 0.4) is 0 Å². The van der Waals surface area contributed by atoms with Gasteiger partial charge in [0.05, 0.1) is 0 Å². The topological polar surface area (TPSA) is 52.6 Å². The third kappa shape index (κ3) is 3.37. The molecule has 136 valence electrons. The number of benzene rings is 1. The maximum absolute atomic E-state index is 13.1. The Morgan fingerprint density at radius 3 is 2.40 bits per heavy atom. The molecule has 0 radical (unpaired) electrons. The maximum Gasteiger partial charge on any atom is 0.322 e. The van der Waals surface area contributed by atoms with Crippen molar-refractivity contribution in [3.63, 3.8) is 0 Å². The largest absolute Gasteiger partial charge is 0.341 e. The summed E-state index contributed by atoms with van der Waals surface area (Å²) in [5.41, 5.74) is 2.41. The quantitative estimate of drug-likeness (QED) is 0.910. The molecule has 1 aromatic carbocycles. The number of carbonyl (C=O) groups excluding carboxylic acids is 2. The second kappa shape index (κ2) is 7.06. The molecule has 5 nitrogen and oxygen atoms in total. The van der Waals surface area contributed by atoms with Crippen molar-refractivity contribution < 1.29 is 9.59 Å². The van der Waals surface area contributed by atoms with Gasteiger partial charge in [0.25, 0.3) is 0 Å². The molecule has 5 heteroatoms. The first-order valence-electron chi connectivity index (χ1n) is 9.42. The highest BCUT2D eigenvalue weighted by atomic mass is 16.2. The first-order chi connectivity index (χ1) is 12.0. The Morgan fingerprint density at radius 2 is 1.76 bits per heavy atom. The first kappa shape index (κ1) is 17.8. The van der Waals surface area contributed by atoms with Gasteiger partial charge in [0.15, 0.2) is 0 Å². The molecule has 0 aromatic heterocycles. The molecule has 2 fully saturated rings.